The quantitative estimate of drug-likeness (QED) is 0.942. The van der Waals surface area contributed by atoms with Crippen LogP contribution in [0, 0.1) is 0 Å². The lowest BCUT2D eigenvalue weighted by atomic mass is 10.2. The zero-order valence-corrected chi connectivity index (χ0v) is 12.9. The molecule has 1 aliphatic rings. The van der Waals surface area contributed by atoms with Gasteiger partial charge in [0.25, 0.3) is 5.91 Å². The van der Waals surface area contributed by atoms with Gasteiger partial charge in [-0.05, 0) is 36.4 Å². The fourth-order valence-corrected chi connectivity index (χ4v) is 2.67. The third kappa shape index (κ3) is 3.34. The number of rotatable bonds is 4. The van der Waals surface area contributed by atoms with E-state index in [-0.39, 0.29) is 17.9 Å². The number of hydrogen-bond acceptors (Lipinski definition) is 3. The molecule has 0 bridgehead atoms. The van der Waals surface area contributed by atoms with Crippen LogP contribution in [0.1, 0.15) is 16.8 Å². The van der Waals surface area contributed by atoms with Crippen molar-refractivity contribution in [1.82, 2.24) is 5.32 Å². The molecule has 0 spiro atoms. The number of carbonyl (C=O) groups is 2. The molecule has 118 valence electrons. The van der Waals surface area contributed by atoms with Crippen molar-refractivity contribution < 1.29 is 14.3 Å². The molecule has 1 saturated heterocycles. The van der Waals surface area contributed by atoms with E-state index in [2.05, 4.69) is 5.32 Å². The van der Waals surface area contributed by atoms with Crippen LogP contribution >= 0.6 is 0 Å². The van der Waals surface area contributed by atoms with Gasteiger partial charge in [-0.2, -0.15) is 0 Å². The third-order valence-corrected chi connectivity index (χ3v) is 3.88. The number of ether oxygens (including phenoxy) is 1. The molecule has 5 nitrogen and oxygen atoms in total. The molecule has 23 heavy (non-hydrogen) atoms. The maximum absolute atomic E-state index is 12.3. The average molecular weight is 310 g/mol. The number of amides is 2. The van der Waals surface area contributed by atoms with Crippen LogP contribution in [0.2, 0.25) is 0 Å². The fourth-order valence-electron chi connectivity index (χ4n) is 2.67. The van der Waals surface area contributed by atoms with E-state index >= 15 is 0 Å². The van der Waals surface area contributed by atoms with Crippen LogP contribution in [0.15, 0.2) is 54.6 Å². The predicted octanol–water partition coefficient (Wildman–Crippen LogP) is 2.23. The van der Waals surface area contributed by atoms with Gasteiger partial charge in [0.2, 0.25) is 5.91 Å². The standard InChI is InChI=1S/C18H18N2O3/c1-23-16-9-7-13(8-10-16)18(22)19-14-11-17(21)20(12-14)15-5-3-2-4-6-15/h2-10,14H,11-12H2,1H3,(H,19,22)/t14-/m1/s1. The molecule has 1 atom stereocenters. The van der Waals surface area contributed by atoms with Crippen molar-refractivity contribution in [3.63, 3.8) is 0 Å². The van der Waals surface area contributed by atoms with Gasteiger partial charge in [0.05, 0.1) is 13.2 Å². The largest absolute Gasteiger partial charge is 0.497 e. The molecule has 0 radical (unpaired) electrons. The Morgan fingerprint density at radius 3 is 2.48 bits per heavy atom. The molecule has 0 aromatic heterocycles. The van der Waals surface area contributed by atoms with E-state index in [1.54, 1.807) is 36.3 Å². The Balaban J connectivity index is 1.64. The molecular weight excluding hydrogens is 292 g/mol. The maximum atomic E-state index is 12.3. The lowest BCUT2D eigenvalue weighted by Crippen LogP contribution is -2.37. The van der Waals surface area contributed by atoms with Crippen LogP contribution in [0.25, 0.3) is 0 Å². The topological polar surface area (TPSA) is 58.6 Å². The molecule has 5 heteroatoms. The zero-order chi connectivity index (χ0) is 16.2. The second kappa shape index (κ2) is 6.52. The number of benzene rings is 2. The summed E-state index contributed by atoms with van der Waals surface area (Å²) in [6, 6.07) is 16.2. The van der Waals surface area contributed by atoms with Crippen LogP contribution in [0.4, 0.5) is 5.69 Å². The molecule has 1 heterocycles. The average Bonchev–Trinajstić information content (AvgIpc) is 2.96. The molecule has 1 fully saturated rings. The first-order valence-corrected chi connectivity index (χ1v) is 7.47. The number of hydrogen-bond donors (Lipinski definition) is 1. The summed E-state index contributed by atoms with van der Waals surface area (Å²) in [4.78, 5) is 26.1. The molecule has 0 aliphatic carbocycles. The minimum Gasteiger partial charge on any atom is -0.497 e. The van der Waals surface area contributed by atoms with Gasteiger partial charge in [0, 0.05) is 24.2 Å². The van der Waals surface area contributed by atoms with Crippen molar-refractivity contribution in [3.8, 4) is 5.75 Å². The lowest BCUT2D eigenvalue weighted by Gasteiger charge is -2.17. The van der Waals surface area contributed by atoms with Crippen molar-refractivity contribution >= 4 is 17.5 Å². The highest BCUT2D eigenvalue weighted by Crippen LogP contribution is 2.21. The van der Waals surface area contributed by atoms with Gasteiger partial charge in [-0.1, -0.05) is 18.2 Å². The Kier molecular flexibility index (Phi) is 4.28. The molecule has 1 N–H and O–H groups in total. The van der Waals surface area contributed by atoms with Crippen LogP contribution in [-0.4, -0.2) is 31.5 Å². The van der Waals surface area contributed by atoms with Crippen LogP contribution in [-0.2, 0) is 4.79 Å². The first-order valence-electron chi connectivity index (χ1n) is 7.47. The molecule has 2 amide bonds. The van der Waals surface area contributed by atoms with E-state index < -0.39 is 0 Å². The number of anilines is 1. The summed E-state index contributed by atoms with van der Waals surface area (Å²) in [6.45, 7) is 0.491. The minimum absolute atomic E-state index is 0.0243. The van der Waals surface area contributed by atoms with Gasteiger partial charge in [-0.3, -0.25) is 9.59 Å². The van der Waals surface area contributed by atoms with E-state index in [1.807, 2.05) is 30.3 Å². The SMILES string of the molecule is COc1ccc(C(=O)N[C@@H]2CC(=O)N(c3ccccc3)C2)cc1. The monoisotopic (exact) mass is 310 g/mol. The van der Waals surface area contributed by atoms with Crippen molar-refractivity contribution in [2.45, 2.75) is 12.5 Å². The highest BCUT2D eigenvalue weighted by molar-refractivity contribution is 5.98. The van der Waals surface area contributed by atoms with Gasteiger partial charge in [-0.15, -0.1) is 0 Å². The fraction of sp³-hybridized carbons (Fsp3) is 0.222. The second-order valence-corrected chi connectivity index (χ2v) is 5.44. The van der Waals surface area contributed by atoms with Crippen LogP contribution in [0.3, 0.4) is 0 Å². The Labute approximate surface area is 134 Å². The summed E-state index contributed by atoms with van der Waals surface area (Å²) < 4.78 is 5.08. The highest BCUT2D eigenvalue weighted by Gasteiger charge is 2.31. The summed E-state index contributed by atoms with van der Waals surface area (Å²) in [5.74, 6) is 0.546. The van der Waals surface area contributed by atoms with Gasteiger partial charge in [-0.25, -0.2) is 0 Å². The summed E-state index contributed by atoms with van der Waals surface area (Å²) in [6.07, 6.45) is 0.316. The Morgan fingerprint density at radius 1 is 1.13 bits per heavy atom. The summed E-state index contributed by atoms with van der Waals surface area (Å²) in [5.41, 5.74) is 1.41. The normalized spacial score (nSPS) is 17.2. The van der Waals surface area contributed by atoms with Gasteiger partial charge in [0.1, 0.15) is 5.75 Å². The summed E-state index contributed by atoms with van der Waals surface area (Å²) in [5, 5.41) is 2.92. The number of para-hydroxylation sites is 1. The second-order valence-electron chi connectivity index (χ2n) is 5.44. The molecule has 0 saturated carbocycles. The van der Waals surface area contributed by atoms with Gasteiger partial charge < -0.3 is 15.0 Å². The van der Waals surface area contributed by atoms with Crippen LogP contribution < -0.4 is 15.0 Å². The molecule has 1 aliphatic heterocycles. The Bertz CT molecular complexity index is 698. The van der Waals surface area contributed by atoms with E-state index in [4.69, 9.17) is 4.74 Å². The van der Waals surface area contributed by atoms with Crippen molar-refractivity contribution in [2.24, 2.45) is 0 Å². The smallest absolute Gasteiger partial charge is 0.251 e. The van der Waals surface area contributed by atoms with Crippen molar-refractivity contribution in [3.05, 3.63) is 60.2 Å². The number of nitrogens with one attached hydrogen (secondary N) is 1. The van der Waals surface area contributed by atoms with E-state index in [0.29, 0.717) is 24.3 Å². The highest BCUT2D eigenvalue weighted by atomic mass is 16.5. The van der Waals surface area contributed by atoms with Gasteiger partial charge >= 0.3 is 0 Å². The number of nitrogens with zero attached hydrogens (tertiary/aromatic N) is 1. The molecule has 0 unspecified atom stereocenters. The number of methoxy groups -OCH3 is 1. The van der Waals surface area contributed by atoms with Crippen LogP contribution in [0.5, 0.6) is 5.75 Å². The van der Waals surface area contributed by atoms with E-state index in [1.165, 1.54) is 0 Å². The maximum Gasteiger partial charge on any atom is 0.251 e. The van der Waals surface area contributed by atoms with Gasteiger partial charge in [0.15, 0.2) is 0 Å². The van der Waals surface area contributed by atoms with E-state index in [9.17, 15) is 9.59 Å². The van der Waals surface area contributed by atoms with E-state index in [0.717, 1.165) is 5.69 Å². The van der Waals surface area contributed by atoms with Crippen molar-refractivity contribution in [2.75, 3.05) is 18.6 Å². The minimum atomic E-state index is -0.183. The number of carbonyl (C=O) groups excluding carboxylic acids is 2. The Hall–Kier alpha value is -2.82. The molecule has 3 rings (SSSR count). The molecule has 2 aromatic carbocycles. The molecule has 2 aromatic rings. The molecular formula is C18H18N2O3. The lowest BCUT2D eigenvalue weighted by molar-refractivity contribution is -0.117. The summed E-state index contributed by atoms with van der Waals surface area (Å²) >= 11 is 0. The zero-order valence-electron chi connectivity index (χ0n) is 12.9. The van der Waals surface area contributed by atoms with Crippen molar-refractivity contribution in [1.29, 1.82) is 0 Å². The first-order chi connectivity index (χ1) is 11.2. The third-order valence-electron chi connectivity index (χ3n) is 3.88. The Morgan fingerprint density at radius 2 is 1.83 bits per heavy atom. The predicted molar refractivity (Wildman–Crippen MR) is 87.7 cm³/mol. The summed E-state index contributed by atoms with van der Waals surface area (Å²) in [7, 11) is 1.58. The first kappa shape index (κ1) is 15.1.